The number of halogens is 3. The van der Waals surface area contributed by atoms with E-state index in [-0.39, 0.29) is 11.6 Å². The summed E-state index contributed by atoms with van der Waals surface area (Å²) in [6.45, 7) is 1.43. The molecule has 0 unspecified atom stereocenters. The number of rotatable bonds is 5. The fourth-order valence-corrected chi connectivity index (χ4v) is 2.76. The highest BCUT2D eigenvalue weighted by molar-refractivity contribution is 5.57. The molecule has 1 saturated heterocycles. The van der Waals surface area contributed by atoms with E-state index in [9.17, 15) is 13.2 Å². The van der Waals surface area contributed by atoms with E-state index in [1.807, 2.05) is 0 Å². The summed E-state index contributed by atoms with van der Waals surface area (Å²) in [4.78, 5) is 11.7. The maximum atomic E-state index is 13.2. The molecule has 9 heteroatoms. The summed E-state index contributed by atoms with van der Waals surface area (Å²) >= 11 is 0. The fraction of sp³-hybridized carbons (Fsp3) is 0.471. The molecular formula is C17H19F3N4O2. The molecule has 3 rings (SSSR count). The Hall–Kier alpha value is -2.26. The van der Waals surface area contributed by atoms with Crippen molar-refractivity contribution in [3.63, 3.8) is 0 Å². The van der Waals surface area contributed by atoms with Crippen molar-refractivity contribution in [1.29, 1.82) is 0 Å². The van der Waals surface area contributed by atoms with Gasteiger partial charge in [-0.25, -0.2) is 9.97 Å². The zero-order valence-corrected chi connectivity index (χ0v) is 14.2. The molecule has 1 fully saturated rings. The molecule has 3 heterocycles. The second-order valence-electron chi connectivity index (χ2n) is 6.05. The van der Waals surface area contributed by atoms with E-state index in [1.165, 1.54) is 12.4 Å². The molecule has 1 aliphatic rings. The summed E-state index contributed by atoms with van der Waals surface area (Å²) in [6, 6.07) is 4.04. The van der Waals surface area contributed by atoms with Crippen molar-refractivity contribution < 1.29 is 22.6 Å². The molecule has 1 N–H and O–H groups in total. The van der Waals surface area contributed by atoms with Gasteiger partial charge in [0.2, 0.25) is 0 Å². The lowest BCUT2D eigenvalue weighted by atomic mass is 9.94. The minimum Gasteiger partial charge on any atom is -0.381 e. The van der Waals surface area contributed by atoms with Crippen LogP contribution >= 0.6 is 0 Å². The molecule has 0 aliphatic carbocycles. The van der Waals surface area contributed by atoms with E-state index in [4.69, 9.17) is 9.47 Å². The van der Waals surface area contributed by atoms with Gasteiger partial charge in [-0.1, -0.05) is 0 Å². The van der Waals surface area contributed by atoms with E-state index in [2.05, 4.69) is 20.3 Å². The van der Waals surface area contributed by atoms with Crippen LogP contribution in [0.5, 0.6) is 0 Å². The highest BCUT2D eigenvalue weighted by Gasteiger charge is 2.35. The van der Waals surface area contributed by atoms with Crippen molar-refractivity contribution in [2.45, 2.75) is 24.6 Å². The van der Waals surface area contributed by atoms with E-state index in [1.54, 1.807) is 19.2 Å². The summed E-state index contributed by atoms with van der Waals surface area (Å²) in [6.07, 6.45) is -0.295. The predicted molar refractivity (Wildman–Crippen MR) is 88.5 cm³/mol. The second kappa shape index (κ2) is 7.55. The molecule has 0 radical (unpaired) electrons. The molecule has 1 aliphatic heterocycles. The molecule has 0 amide bonds. The van der Waals surface area contributed by atoms with E-state index < -0.39 is 17.5 Å². The zero-order valence-electron chi connectivity index (χ0n) is 14.2. The van der Waals surface area contributed by atoms with Crippen LogP contribution in [0, 0.1) is 0 Å². The molecule has 0 bridgehead atoms. The first-order chi connectivity index (χ1) is 12.4. The number of nitrogens with zero attached hydrogens (tertiary/aromatic N) is 3. The molecular weight excluding hydrogens is 349 g/mol. The van der Waals surface area contributed by atoms with Gasteiger partial charge < -0.3 is 14.8 Å². The van der Waals surface area contributed by atoms with Gasteiger partial charge in [0.05, 0.1) is 5.60 Å². The number of alkyl halides is 3. The minimum absolute atomic E-state index is 0.0110. The number of hydrogen-bond acceptors (Lipinski definition) is 6. The Balaban J connectivity index is 1.88. The third-order valence-corrected chi connectivity index (χ3v) is 4.38. The molecule has 0 atom stereocenters. The first-order valence-corrected chi connectivity index (χ1v) is 8.15. The van der Waals surface area contributed by atoms with Crippen molar-refractivity contribution >= 4 is 5.82 Å². The van der Waals surface area contributed by atoms with E-state index in [0.717, 1.165) is 6.07 Å². The van der Waals surface area contributed by atoms with Gasteiger partial charge in [-0.3, -0.25) is 4.98 Å². The highest BCUT2D eigenvalue weighted by Crippen LogP contribution is 2.31. The molecule has 0 spiro atoms. The van der Waals surface area contributed by atoms with Gasteiger partial charge >= 0.3 is 6.18 Å². The maximum Gasteiger partial charge on any atom is 0.433 e. The van der Waals surface area contributed by atoms with Crippen LogP contribution in [0.3, 0.4) is 0 Å². The smallest absolute Gasteiger partial charge is 0.381 e. The lowest BCUT2D eigenvalue weighted by Gasteiger charge is -2.36. The molecule has 0 saturated carbocycles. The van der Waals surface area contributed by atoms with Crippen LogP contribution < -0.4 is 5.32 Å². The second-order valence-corrected chi connectivity index (χ2v) is 6.05. The maximum absolute atomic E-state index is 13.2. The third-order valence-electron chi connectivity index (χ3n) is 4.38. The topological polar surface area (TPSA) is 69.2 Å². The largest absolute Gasteiger partial charge is 0.433 e. The summed E-state index contributed by atoms with van der Waals surface area (Å²) in [5.41, 5.74) is -1.03. The predicted octanol–water partition coefficient (Wildman–Crippen LogP) is 3.16. The van der Waals surface area contributed by atoms with E-state index >= 15 is 0 Å². The third kappa shape index (κ3) is 4.28. The highest BCUT2D eigenvalue weighted by atomic mass is 19.4. The lowest BCUT2D eigenvalue weighted by molar-refractivity contribution is -0.141. The summed E-state index contributed by atoms with van der Waals surface area (Å²) in [5.74, 6) is 0.0882. The van der Waals surface area contributed by atoms with Gasteiger partial charge in [-0.2, -0.15) is 13.2 Å². The summed E-state index contributed by atoms with van der Waals surface area (Å²) in [5, 5.41) is 2.98. The molecule has 2 aromatic rings. The van der Waals surface area contributed by atoms with Gasteiger partial charge in [-0.15, -0.1) is 0 Å². The molecule has 26 heavy (non-hydrogen) atoms. The molecule has 140 valence electrons. The van der Waals surface area contributed by atoms with Crippen molar-refractivity contribution in [2.75, 3.05) is 32.2 Å². The number of anilines is 1. The Morgan fingerprint density at radius 2 is 1.88 bits per heavy atom. The summed E-state index contributed by atoms with van der Waals surface area (Å²) in [7, 11) is 1.59. The van der Waals surface area contributed by atoms with Crippen molar-refractivity contribution in [1.82, 2.24) is 15.0 Å². The monoisotopic (exact) mass is 368 g/mol. The number of ether oxygens (including phenoxy) is 2. The quantitative estimate of drug-likeness (QED) is 0.874. The van der Waals surface area contributed by atoms with Crippen molar-refractivity contribution in [3.8, 4) is 11.4 Å². The number of nitrogens with one attached hydrogen (secondary N) is 1. The molecule has 0 aromatic carbocycles. The van der Waals surface area contributed by atoms with Crippen molar-refractivity contribution in [2.24, 2.45) is 0 Å². The SMILES string of the molecule is COC1(CNc2cc(C(F)(F)F)nc(-c3ccncc3)n2)CCOCC1. The first kappa shape index (κ1) is 18.5. The van der Waals surface area contributed by atoms with Crippen LogP contribution in [-0.2, 0) is 15.7 Å². The van der Waals surface area contributed by atoms with Gasteiger partial charge in [0, 0.05) is 63.7 Å². The minimum atomic E-state index is -4.57. The Bertz CT molecular complexity index is 735. The van der Waals surface area contributed by atoms with Crippen molar-refractivity contribution in [3.05, 3.63) is 36.3 Å². The normalized spacial score (nSPS) is 17.1. The Morgan fingerprint density at radius 3 is 2.50 bits per heavy atom. The first-order valence-electron chi connectivity index (χ1n) is 8.15. The van der Waals surface area contributed by atoms with Crippen LogP contribution in [0.1, 0.15) is 18.5 Å². The van der Waals surface area contributed by atoms with Crippen LogP contribution in [0.4, 0.5) is 19.0 Å². The Morgan fingerprint density at radius 1 is 1.19 bits per heavy atom. The Kier molecular flexibility index (Phi) is 5.38. The summed E-state index contributed by atoms with van der Waals surface area (Å²) < 4.78 is 50.6. The number of methoxy groups -OCH3 is 1. The van der Waals surface area contributed by atoms with Gasteiger partial charge in [0.25, 0.3) is 0 Å². The molecule has 6 nitrogen and oxygen atoms in total. The number of aromatic nitrogens is 3. The Labute approximate surface area is 148 Å². The fourth-order valence-electron chi connectivity index (χ4n) is 2.76. The van der Waals surface area contributed by atoms with Crippen LogP contribution in [0.15, 0.2) is 30.6 Å². The van der Waals surface area contributed by atoms with Gasteiger partial charge in [0.1, 0.15) is 5.82 Å². The average Bonchev–Trinajstić information content (AvgIpc) is 2.67. The van der Waals surface area contributed by atoms with Crippen LogP contribution in [0.25, 0.3) is 11.4 Å². The van der Waals surface area contributed by atoms with Crippen LogP contribution in [-0.4, -0.2) is 47.4 Å². The zero-order chi connectivity index (χ0) is 18.6. The van der Waals surface area contributed by atoms with Gasteiger partial charge in [0.15, 0.2) is 11.5 Å². The standard InChI is InChI=1S/C17H19F3N4O2/c1-25-16(4-8-26-9-5-16)11-22-14-10-13(17(18,19)20)23-15(24-14)12-2-6-21-7-3-12/h2-3,6-7,10H,4-5,8-9,11H2,1H3,(H,22,23,24). The molecule has 2 aromatic heterocycles. The van der Waals surface area contributed by atoms with Gasteiger partial charge in [-0.05, 0) is 12.1 Å². The average molecular weight is 368 g/mol. The number of hydrogen-bond donors (Lipinski definition) is 1. The van der Waals surface area contributed by atoms with Crippen LogP contribution in [0.2, 0.25) is 0 Å². The number of pyridine rings is 1. The lowest BCUT2D eigenvalue weighted by Crippen LogP contribution is -2.44. The van der Waals surface area contributed by atoms with E-state index in [0.29, 0.717) is 38.2 Å².